The van der Waals surface area contributed by atoms with E-state index in [1.54, 1.807) is 0 Å². The van der Waals surface area contributed by atoms with Crippen LogP contribution in [-0.4, -0.2) is 33.8 Å². The highest BCUT2D eigenvalue weighted by Crippen LogP contribution is 2.39. The number of benzene rings is 1. The predicted octanol–water partition coefficient (Wildman–Crippen LogP) is 5.03. The van der Waals surface area contributed by atoms with Gasteiger partial charge in [-0.15, -0.1) is 0 Å². The number of nitrogens with zero attached hydrogens (tertiary/aromatic N) is 3. The molecule has 2 aromatic heterocycles. The number of amides is 1. The zero-order valence-corrected chi connectivity index (χ0v) is 19.9. The number of aromatic nitrogens is 3. The summed E-state index contributed by atoms with van der Waals surface area (Å²) in [6.07, 6.45) is 10.3. The highest BCUT2D eigenvalue weighted by atomic mass is 16.5. The number of nitrogens with one attached hydrogen (secondary N) is 1. The molecule has 174 valence electrons. The Morgan fingerprint density at radius 3 is 2.58 bits per heavy atom. The first-order chi connectivity index (χ1) is 16.0. The molecule has 1 fully saturated rings. The van der Waals surface area contributed by atoms with E-state index in [9.17, 15) is 4.79 Å². The van der Waals surface area contributed by atoms with Gasteiger partial charge in [0.2, 0.25) is 0 Å². The summed E-state index contributed by atoms with van der Waals surface area (Å²) < 4.78 is 7.34. The van der Waals surface area contributed by atoms with Crippen LogP contribution in [0.2, 0.25) is 0 Å². The second-order valence-electron chi connectivity index (χ2n) is 9.05. The Hall–Kier alpha value is -2.99. The quantitative estimate of drug-likeness (QED) is 0.527. The summed E-state index contributed by atoms with van der Waals surface area (Å²) in [5.41, 5.74) is 6.60. The topological polar surface area (TPSA) is 69.0 Å². The Morgan fingerprint density at radius 1 is 1.12 bits per heavy atom. The first-order valence-corrected chi connectivity index (χ1v) is 11.9. The van der Waals surface area contributed by atoms with E-state index < -0.39 is 0 Å². The molecule has 1 amide bonds. The fourth-order valence-electron chi connectivity index (χ4n) is 4.74. The van der Waals surface area contributed by atoms with Gasteiger partial charge in [0, 0.05) is 55.8 Å². The lowest BCUT2D eigenvalue weighted by molar-refractivity contribution is 0.0942. The minimum Gasteiger partial charge on any atom is -0.377 e. The van der Waals surface area contributed by atoms with Crippen molar-refractivity contribution in [2.45, 2.75) is 52.1 Å². The van der Waals surface area contributed by atoms with Gasteiger partial charge in [-0.25, -0.2) is 0 Å². The van der Waals surface area contributed by atoms with Gasteiger partial charge in [0.25, 0.3) is 5.91 Å². The van der Waals surface area contributed by atoms with Crippen LogP contribution in [0.15, 0.2) is 48.9 Å². The first kappa shape index (κ1) is 23.2. The highest BCUT2D eigenvalue weighted by Gasteiger charge is 2.27. The number of carbonyl (C=O) groups excluding carboxylic acids is 1. The van der Waals surface area contributed by atoms with Crippen LogP contribution < -0.4 is 5.32 Å². The van der Waals surface area contributed by atoms with E-state index in [2.05, 4.69) is 29.5 Å². The molecule has 1 aliphatic carbocycles. The average Bonchev–Trinajstić information content (AvgIpc) is 3.23. The van der Waals surface area contributed by atoms with Crippen molar-refractivity contribution in [3.8, 4) is 11.1 Å². The van der Waals surface area contributed by atoms with E-state index >= 15 is 0 Å². The van der Waals surface area contributed by atoms with Gasteiger partial charge >= 0.3 is 0 Å². The monoisotopic (exact) mass is 446 g/mol. The lowest BCUT2D eigenvalue weighted by atomic mass is 9.79. The molecule has 0 atom stereocenters. The van der Waals surface area contributed by atoms with Gasteiger partial charge in [0.05, 0.1) is 12.3 Å². The number of carbonyl (C=O) groups is 1. The summed E-state index contributed by atoms with van der Waals surface area (Å²) >= 11 is 0. The van der Waals surface area contributed by atoms with E-state index in [1.165, 1.54) is 22.4 Å². The summed E-state index contributed by atoms with van der Waals surface area (Å²) in [4.78, 5) is 16.8. The molecule has 0 radical (unpaired) electrons. The molecule has 0 unspecified atom stereocenters. The maximum absolute atomic E-state index is 12.6. The van der Waals surface area contributed by atoms with Crippen LogP contribution in [0.3, 0.4) is 0 Å². The number of rotatable bonds is 8. The van der Waals surface area contributed by atoms with Gasteiger partial charge in [-0.05, 0) is 80.3 Å². The Kier molecular flexibility index (Phi) is 7.55. The predicted molar refractivity (Wildman–Crippen MR) is 130 cm³/mol. The minimum atomic E-state index is 0.000239. The number of aryl methyl sites for hydroxylation is 2. The SMILES string of the molecule is CCOCc1ccc(C(=O)NCC2CCC(c3nn(C)cc3-c3ccncc3C)CC2)cc1. The van der Waals surface area contributed by atoms with Gasteiger partial charge in [-0.3, -0.25) is 14.5 Å². The molecule has 1 aliphatic rings. The van der Waals surface area contributed by atoms with Crippen molar-refractivity contribution in [1.29, 1.82) is 0 Å². The summed E-state index contributed by atoms with van der Waals surface area (Å²) in [5.74, 6) is 0.969. The molecular formula is C27H34N4O2. The summed E-state index contributed by atoms with van der Waals surface area (Å²) in [6, 6.07) is 9.77. The maximum Gasteiger partial charge on any atom is 0.251 e. The van der Waals surface area contributed by atoms with E-state index in [0.29, 0.717) is 30.6 Å². The van der Waals surface area contributed by atoms with Crippen molar-refractivity contribution in [1.82, 2.24) is 20.1 Å². The zero-order chi connectivity index (χ0) is 23.2. The third-order valence-corrected chi connectivity index (χ3v) is 6.64. The Bertz CT molecular complexity index is 1070. The molecule has 2 heterocycles. The lowest BCUT2D eigenvalue weighted by Gasteiger charge is -2.28. The molecule has 0 bridgehead atoms. The Balaban J connectivity index is 1.31. The second kappa shape index (κ2) is 10.8. The first-order valence-electron chi connectivity index (χ1n) is 11.9. The van der Waals surface area contributed by atoms with E-state index in [1.807, 2.05) is 55.3 Å². The molecule has 4 rings (SSSR count). The largest absolute Gasteiger partial charge is 0.377 e. The van der Waals surface area contributed by atoms with Gasteiger partial charge in [-0.2, -0.15) is 5.10 Å². The molecular weight excluding hydrogens is 412 g/mol. The van der Waals surface area contributed by atoms with Crippen molar-refractivity contribution in [2.75, 3.05) is 13.2 Å². The standard InChI is InChI=1S/C27H34N4O2/c1-4-33-18-21-7-11-23(12-8-21)27(32)29-16-20-5-9-22(10-6-20)26-25(17-31(3)30-26)24-13-14-28-15-19(24)2/h7-8,11-15,17,20,22H,4-6,9-10,16,18H2,1-3H3,(H,29,32). The molecule has 0 spiro atoms. The summed E-state index contributed by atoms with van der Waals surface area (Å²) in [7, 11) is 1.99. The van der Waals surface area contributed by atoms with Crippen molar-refractivity contribution in [3.05, 3.63) is 71.3 Å². The third-order valence-electron chi connectivity index (χ3n) is 6.64. The molecule has 6 heteroatoms. The van der Waals surface area contributed by atoms with Crippen molar-refractivity contribution in [3.63, 3.8) is 0 Å². The van der Waals surface area contributed by atoms with Gasteiger partial charge in [-0.1, -0.05) is 12.1 Å². The molecule has 33 heavy (non-hydrogen) atoms. The van der Waals surface area contributed by atoms with Crippen LogP contribution >= 0.6 is 0 Å². The lowest BCUT2D eigenvalue weighted by Crippen LogP contribution is -2.31. The van der Waals surface area contributed by atoms with Gasteiger partial charge in [0.1, 0.15) is 0 Å². The van der Waals surface area contributed by atoms with E-state index in [0.717, 1.165) is 37.8 Å². The average molecular weight is 447 g/mol. The number of ether oxygens (including phenoxy) is 1. The molecule has 1 N–H and O–H groups in total. The Morgan fingerprint density at radius 2 is 1.88 bits per heavy atom. The fourth-order valence-corrected chi connectivity index (χ4v) is 4.74. The third kappa shape index (κ3) is 5.69. The number of pyridine rings is 1. The second-order valence-corrected chi connectivity index (χ2v) is 9.05. The fraction of sp³-hybridized carbons (Fsp3) is 0.444. The van der Waals surface area contributed by atoms with Crippen LogP contribution in [0.1, 0.15) is 65.7 Å². The zero-order valence-electron chi connectivity index (χ0n) is 19.9. The highest BCUT2D eigenvalue weighted by molar-refractivity contribution is 5.94. The van der Waals surface area contributed by atoms with Crippen LogP contribution in [0.25, 0.3) is 11.1 Å². The molecule has 6 nitrogen and oxygen atoms in total. The van der Waals surface area contributed by atoms with E-state index in [4.69, 9.17) is 9.84 Å². The van der Waals surface area contributed by atoms with Crippen molar-refractivity contribution >= 4 is 5.91 Å². The molecule has 3 aromatic rings. The van der Waals surface area contributed by atoms with Crippen molar-refractivity contribution < 1.29 is 9.53 Å². The molecule has 0 saturated heterocycles. The van der Waals surface area contributed by atoms with Crippen molar-refractivity contribution in [2.24, 2.45) is 13.0 Å². The van der Waals surface area contributed by atoms with Crippen LogP contribution in [-0.2, 0) is 18.4 Å². The van der Waals surface area contributed by atoms with E-state index in [-0.39, 0.29) is 5.91 Å². The number of hydrogen-bond donors (Lipinski definition) is 1. The smallest absolute Gasteiger partial charge is 0.251 e. The number of hydrogen-bond acceptors (Lipinski definition) is 4. The molecule has 1 aromatic carbocycles. The summed E-state index contributed by atoms with van der Waals surface area (Å²) in [6.45, 7) is 6.08. The van der Waals surface area contributed by atoms with Crippen LogP contribution in [0.4, 0.5) is 0 Å². The van der Waals surface area contributed by atoms with Gasteiger partial charge in [0.15, 0.2) is 0 Å². The van der Waals surface area contributed by atoms with Crippen LogP contribution in [0.5, 0.6) is 0 Å². The Labute approximate surface area is 196 Å². The normalized spacial score (nSPS) is 18.3. The maximum atomic E-state index is 12.6. The minimum absolute atomic E-state index is 0.000239. The molecule has 0 aliphatic heterocycles. The van der Waals surface area contributed by atoms with Crippen LogP contribution in [0, 0.1) is 12.8 Å². The molecule has 1 saturated carbocycles. The summed E-state index contributed by atoms with van der Waals surface area (Å²) in [5, 5.41) is 7.97. The van der Waals surface area contributed by atoms with Gasteiger partial charge < -0.3 is 10.1 Å².